The average molecular weight is 934 g/mol. The van der Waals surface area contributed by atoms with Gasteiger partial charge in [0, 0.05) is 24.0 Å². The first kappa shape index (κ1) is 52.3. The maximum atomic E-state index is 13.3. The van der Waals surface area contributed by atoms with Crippen LogP contribution in [0.15, 0.2) is 133 Å². The van der Waals surface area contributed by atoms with Gasteiger partial charge in [-0.3, -0.25) is 0 Å². The van der Waals surface area contributed by atoms with E-state index in [1.165, 1.54) is 11.1 Å². The van der Waals surface area contributed by atoms with Crippen LogP contribution < -0.4 is 29.4 Å². The Labute approximate surface area is 412 Å². The Kier molecular flexibility index (Phi) is 18.5. The van der Waals surface area contributed by atoms with Gasteiger partial charge < -0.3 is 34.2 Å². The third-order valence-electron chi connectivity index (χ3n) is 14.2. The highest BCUT2D eigenvalue weighted by Crippen LogP contribution is 2.46. The number of hydrogen-bond acceptors (Lipinski definition) is 8. The van der Waals surface area contributed by atoms with E-state index in [2.05, 4.69) is 98.7 Å². The van der Waals surface area contributed by atoms with Crippen molar-refractivity contribution in [1.82, 2.24) is 0 Å². The monoisotopic (exact) mass is 934 g/mol. The minimum Gasteiger partial charge on any atom is -0.494 e. The summed E-state index contributed by atoms with van der Waals surface area (Å²) in [7, 11) is 0. The summed E-state index contributed by atoms with van der Waals surface area (Å²) in [6.07, 6.45) is 6.53. The number of esters is 1. The van der Waals surface area contributed by atoms with Gasteiger partial charge in [-0.05, 0) is 191 Å². The molecule has 0 amide bonds. The molecular weight excluding hydrogens is 859 g/mol. The standard InChI is InChI=1S/C61H75NO7/c1-11-44(8)66-57-36-22-48(40-42(57)6)45(9)49-23-37-58(43(7)41-49)69-59(63)47-20-28-53(29-21-47)67-54-30-24-50(25-31-54)61(14-4,15-5)60(10,13-3)65-39-17-16-38-64-51-32-34-55(35-33-51)68-52-26-18-46(19-27-52)56(62)12-2/h18-37,40-41,44-45,56H,11-17,38-39,62H2,1-10H3. The smallest absolute Gasteiger partial charge is 0.343 e. The van der Waals surface area contributed by atoms with Crippen molar-refractivity contribution in [2.75, 3.05) is 13.2 Å². The Hall–Kier alpha value is -6.09. The lowest BCUT2D eigenvalue weighted by molar-refractivity contribution is -0.0976. The molecule has 6 aromatic rings. The summed E-state index contributed by atoms with van der Waals surface area (Å²) in [6, 6.07) is 43.6. The van der Waals surface area contributed by atoms with Gasteiger partial charge in [-0.2, -0.15) is 0 Å². The highest BCUT2D eigenvalue weighted by atomic mass is 16.5. The highest BCUT2D eigenvalue weighted by molar-refractivity contribution is 5.91. The van der Waals surface area contributed by atoms with Crippen LogP contribution in [0.2, 0.25) is 0 Å². The number of ether oxygens (including phenoxy) is 6. The van der Waals surface area contributed by atoms with Gasteiger partial charge >= 0.3 is 5.97 Å². The molecule has 8 heteroatoms. The van der Waals surface area contributed by atoms with E-state index in [-0.39, 0.29) is 29.1 Å². The molecule has 4 unspecified atom stereocenters. The second-order valence-corrected chi connectivity index (χ2v) is 18.6. The molecule has 4 atom stereocenters. The summed E-state index contributed by atoms with van der Waals surface area (Å²) in [5, 5.41) is 0. The number of benzene rings is 6. The fraction of sp³-hybridized carbons (Fsp3) is 0.393. The minimum absolute atomic E-state index is 0.0407. The lowest BCUT2D eigenvalue weighted by Crippen LogP contribution is -2.50. The largest absolute Gasteiger partial charge is 0.494 e. The second kappa shape index (κ2) is 24.5. The zero-order valence-corrected chi connectivity index (χ0v) is 42.7. The molecule has 8 nitrogen and oxygen atoms in total. The number of carbonyl (C=O) groups is 1. The van der Waals surface area contributed by atoms with E-state index in [0.29, 0.717) is 30.3 Å². The number of unbranched alkanes of at least 4 members (excludes halogenated alkanes) is 1. The first-order chi connectivity index (χ1) is 33.2. The molecule has 0 saturated heterocycles. The van der Waals surface area contributed by atoms with Crippen molar-refractivity contribution in [3.63, 3.8) is 0 Å². The summed E-state index contributed by atoms with van der Waals surface area (Å²) in [5.74, 6) is 4.90. The van der Waals surface area contributed by atoms with E-state index in [9.17, 15) is 4.79 Å². The first-order valence-electron chi connectivity index (χ1n) is 25.1. The summed E-state index contributed by atoms with van der Waals surface area (Å²) in [5.41, 5.74) is 12.7. The predicted molar refractivity (Wildman–Crippen MR) is 280 cm³/mol. The molecule has 0 aliphatic rings. The number of carbonyl (C=O) groups excluding carboxylic acids is 1. The fourth-order valence-corrected chi connectivity index (χ4v) is 9.16. The van der Waals surface area contributed by atoms with Crippen LogP contribution in [-0.4, -0.2) is 30.9 Å². The zero-order chi connectivity index (χ0) is 49.6. The van der Waals surface area contributed by atoms with Crippen molar-refractivity contribution in [3.05, 3.63) is 172 Å². The van der Waals surface area contributed by atoms with Crippen LogP contribution in [0.3, 0.4) is 0 Å². The van der Waals surface area contributed by atoms with Crippen LogP contribution in [0.1, 0.15) is 156 Å². The molecule has 0 aliphatic heterocycles. The molecule has 0 bridgehead atoms. The topological polar surface area (TPSA) is 98.5 Å². The maximum Gasteiger partial charge on any atom is 0.343 e. The van der Waals surface area contributed by atoms with Crippen LogP contribution in [0.5, 0.6) is 40.2 Å². The van der Waals surface area contributed by atoms with Crippen LogP contribution in [0.25, 0.3) is 0 Å². The molecule has 69 heavy (non-hydrogen) atoms. The molecule has 0 heterocycles. The summed E-state index contributed by atoms with van der Waals surface area (Å²) >= 11 is 0. The van der Waals surface area contributed by atoms with Crippen molar-refractivity contribution in [2.24, 2.45) is 5.73 Å². The van der Waals surface area contributed by atoms with Gasteiger partial charge in [-0.25, -0.2) is 4.79 Å². The zero-order valence-electron chi connectivity index (χ0n) is 42.7. The molecule has 0 radical (unpaired) electrons. The van der Waals surface area contributed by atoms with Crippen molar-refractivity contribution in [3.8, 4) is 40.2 Å². The van der Waals surface area contributed by atoms with E-state index >= 15 is 0 Å². The highest BCUT2D eigenvalue weighted by Gasteiger charge is 2.46. The van der Waals surface area contributed by atoms with E-state index in [4.69, 9.17) is 34.2 Å². The third kappa shape index (κ3) is 13.2. The predicted octanol–water partition coefficient (Wildman–Crippen LogP) is 15.9. The second-order valence-electron chi connectivity index (χ2n) is 18.6. The van der Waals surface area contributed by atoms with Crippen LogP contribution in [0.4, 0.5) is 0 Å². The Morgan fingerprint density at radius 1 is 0.565 bits per heavy atom. The average Bonchev–Trinajstić information content (AvgIpc) is 3.37. The number of aryl methyl sites for hydroxylation is 2. The molecule has 2 N–H and O–H groups in total. The number of rotatable bonds is 25. The minimum atomic E-state index is -0.420. The van der Waals surface area contributed by atoms with Crippen molar-refractivity contribution < 1.29 is 33.2 Å². The maximum absolute atomic E-state index is 13.3. The van der Waals surface area contributed by atoms with Gasteiger partial charge in [0.05, 0.1) is 23.9 Å². The SMILES string of the molecule is CCC(C)Oc1ccc(C(C)c2ccc(OC(=O)c3ccc(Oc4ccc(C(CC)(CC)C(C)(CC)OCCCCOc5ccc(Oc6ccc(C(N)CC)cc6)cc5)cc4)cc3)c(C)c2)cc1C. The van der Waals surface area contributed by atoms with Gasteiger partial charge in [0.1, 0.15) is 40.2 Å². The van der Waals surface area contributed by atoms with E-state index in [1.54, 1.807) is 24.3 Å². The summed E-state index contributed by atoms with van der Waals surface area (Å²) in [6.45, 7) is 22.8. The van der Waals surface area contributed by atoms with Crippen molar-refractivity contribution in [2.45, 2.75) is 143 Å². The molecular formula is C61H75NO7. The molecule has 0 spiro atoms. The van der Waals surface area contributed by atoms with Crippen LogP contribution in [0, 0.1) is 13.8 Å². The van der Waals surface area contributed by atoms with E-state index < -0.39 is 5.97 Å². The molecule has 0 fully saturated rings. The van der Waals surface area contributed by atoms with Gasteiger partial charge in [0.2, 0.25) is 0 Å². The lowest BCUT2D eigenvalue weighted by Gasteiger charge is -2.48. The molecule has 6 aromatic carbocycles. The third-order valence-corrected chi connectivity index (χ3v) is 14.2. The van der Waals surface area contributed by atoms with Gasteiger partial charge in [-0.1, -0.05) is 90.1 Å². The van der Waals surface area contributed by atoms with Gasteiger partial charge in [0.15, 0.2) is 0 Å². The van der Waals surface area contributed by atoms with Crippen LogP contribution in [-0.2, 0) is 10.2 Å². The number of nitrogens with two attached hydrogens (primary N) is 1. The molecule has 0 aromatic heterocycles. The van der Waals surface area contributed by atoms with E-state index in [1.807, 2.05) is 79.7 Å². The Morgan fingerprint density at radius 2 is 1.04 bits per heavy atom. The van der Waals surface area contributed by atoms with Crippen molar-refractivity contribution in [1.29, 1.82) is 0 Å². The summed E-state index contributed by atoms with van der Waals surface area (Å²) < 4.78 is 37.2. The fourth-order valence-electron chi connectivity index (χ4n) is 9.16. The van der Waals surface area contributed by atoms with E-state index in [0.717, 1.165) is 95.9 Å². The normalized spacial score (nSPS) is 13.7. The molecule has 0 aliphatic carbocycles. The van der Waals surface area contributed by atoms with Crippen LogP contribution >= 0.6 is 0 Å². The van der Waals surface area contributed by atoms with Gasteiger partial charge in [-0.15, -0.1) is 0 Å². The molecule has 0 saturated carbocycles. The Bertz CT molecular complexity index is 2530. The molecule has 366 valence electrons. The van der Waals surface area contributed by atoms with Crippen molar-refractivity contribution >= 4 is 5.97 Å². The number of hydrogen-bond donors (Lipinski definition) is 1. The Balaban J connectivity index is 0.974. The first-order valence-corrected chi connectivity index (χ1v) is 25.1. The Morgan fingerprint density at radius 3 is 1.55 bits per heavy atom. The molecule has 6 rings (SSSR count). The van der Waals surface area contributed by atoms with Gasteiger partial charge in [0.25, 0.3) is 0 Å². The summed E-state index contributed by atoms with van der Waals surface area (Å²) in [4.78, 5) is 13.3. The quantitative estimate of drug-likeness (QED) is 0.0344. The lowest BCUT2D eigenvalue weighted by atomic mass is 9.63.